The molecule has 0 spiro atoms. The van der Waals surface area contributed by atoms with Gasteiger partial charge in [-0.25, -0.2) is 8.42 Å². The van der Waals surface area contributed by atoms with Gasteiger partial charge in [0.2, 0.25) is 0 Å². The predicted molar refractivity (Wildman–Crippen MR) is 106 cm³/mol. The summed E-state index contributed by atoms with van der Waals surface area (Å²) >= 11 is 0. The quantitative estimate of drug-likeness (QED) is 0.194. The molecule has 0 aliphatic carbocycles. The fraction of sp³-hybridized carbons (Fsp3) is 0.929. The van der Waals surface area contributed by atoms with Crippen LogP contribution in [-0.2, 0) is 19.3 Å². The molecule has 0 aromatic rings. The number of nitrogens with zero attached hydrogens (tertiary/aromatic N) is 1. The fourth-order valence-electron chi connectivity index (χ4n) is 1.62. The number of aliphatic imine (C=N–C) groups is 1. The van der Waals surface area contributed by atoms with E-state index in [-0.39, 0.29) is 35.8 Å². The maximum absolute atomic E-state index is 11.2. The molecule has 140 valence electrons. The van der Waals surface area contributed by atoms with E-state index >= 15 is 0 Å². The standard InChI is InChI=1S/C14H31N3O4S.HI/c1-5-15-14(16-8-6-9-21-11-10-20-3)17-13(2)7-12-22(4,18)19;/h13H,5-12H2,1-4H3,(H2,15,16,17);1H. The van der Waals surface area contributed by atoms with E-state index in [1.54, 1.807) is 7.11 Å². The Morgan fingerprint density at radius 3 is 2.52 bits per heavy atom. The van der Waals surface area contributed by atoms with Crippen LogP contribution in [0.1, 0.15) is 26.7 Å². The number of sulfone groups is 1. The Balaban J connectivity index is 0. The van der Waals surface area contributed by atoms with Crippen LogP contribution in [0.4, 0.5) is 0 Å². The van der Waals surface area contributed by atoms with Gasteiger partial charge in [-0.05, 0) is 26.7 Å². The van der Waals surface area contributed by atoms with Gasteiger partial charge in [0.1, 0.15) is 9.84 Å². The average molecular weight is 465 g/mol. The first-order chi connectivity index (χ1) is 10.4. The predicted octanol–water partition coefficient (Wildman–Crippen LogP) is 1.04. The van der Waals surface area contributed by atoms with Gasteiger partial charge in [-0.15, -0.1) is 24.0 Å². The van der Waals surface area contributed by atoms with Gasteiger partial charge in [0.25, 0.3) is 0 Å². The van der Waals surface area contributed by atoms with E-state index in [0.29, 0.717) is 38.7 Å². The number of halogens is 1. The molecule has 0 aromatic heterocycles. The summed E-state index contributed by atoms with van der Waals surface area (Å²) in [7, 11) is -1.28. The maximum Gasteiger partial charge on any atom is 0.191 e. The van der Waals surface area contributed by atoms with Crippen molar-refractivity contribution < 1.29 is 17.9 Å². The third kappa shape index (κ3) is 18.1. The molecule has 0 rings (SSSR count). The smallest absolute Gasteiger partial charge is 0.191 e. The van der Waals surface area contributed by atoms with Crippen molar-refractivity contribution in [2.45, 2.75) is 32.7 Å². The second kappa shape index (κ2) is 15.4. The first-order valence-corrected chi connectivity index (χ1v) is 9.74. The second-order valence-electron chi connectivity index (χ2n) is 5.18. The van der Waals surface area contributed by atoms with E-state index in [4.69, 9.17) is 9.47 Å². The minimum absolute atomic E-state index is 0. The van der Waals surface area contributed by atoms with Gasteiger partial charge in [0.15, 0.2) is 5.96 Å². The molecule has 0 heterocycles. The lowest BCUT2D eigenvalue weighted by Gasteiger charge is -2.17. The number of hydrogen-bond acceptors (Lipinski definition) is 5. The second-order valence-corrected chi connectivity index (χ2v) is 7.44. The maximum atomic E-state index is 11.2. The van der Waals surface area contributed by atoms with Crippen molar-refractivity contribution >= 4 is 39.8 Å². The Bertz CT molecular complexity index is 405. The van der Waals surface area contributed by atoms with Crippen molar-refractivity contribution in [2.75, 3.05) is 52.0 Å². The van der Waals surface area contributed by atoms with Crippen molar-refractivity contribution in [3.05, 3.63) is 0 Å². The molecule has 9 heteroatoms. The lowest BCUT2D eigenvalue weighted by Crippen LogP contribution is -2.43. The molecule has 0 radical (unpaired) electrons. The molecule has 0 bridgehead atoms. The summed E-state index contributed by atoms with van der Waals surface area (Å²) in [6, 6.07) is 0.0467. The van der Waals surface area contributed by atoms with Gasteiger partial charge in [0.05, 0.1) is 19.0 Å². The summed E-state index contributed by atoms with van der Waals surface area (Å²) in [4.78, 5) is 4.45. The summed E-state index contributed by atoms with van der Waals surface area (Å²) in [5, 5.41) is 6.37. The van der Waals surface area contributed by atoms with Crippen LogP contribution in [0, 0.1) is 0 Å². The van der Waals surface area contributed by atoms with Crippen molar-refractivity contribution in [3.63, 3.8) is 0 Å². The van der Waals surface area contributed by atoms with Crippen molar-refractivity contribution in [1.29, 1.82) is 0 Å². The van der Waals surface area contributed by atoms with Crippen LogP contribution in [0.15, 0.2) is 4.99 Å². The first kappa shape index (κ1) is 25.1. The Morgan fingerprint density at radius 1 is 1.26 bits per heavy atom. The largest absolute Gasteiger partial charge is 0.382 e. The van der Waals surface area contributed by atoms with E-state index in [1.165, 1.54) is 6.26 Å². The Morgan fingerprint density at radius 2 is 1.96 bits per heavy atom. The molecule has 0 saturated carbocycles. The lowest BCUT2D eigenvalue weighted by atomic mass is 10.3. The lowest BCUT2D eigenvalue weighted by molar-refractivity contribution is 0.0702. The van der Waals surface area contributed by atoms with Crippen molar-refractivity contribution in [2.24, 2.45) is 4.99 Å². The zero-order chi connectivity index (χ0) is 16.8. The molecule has 2 N–H and O–H groups in total. The molecule has 0 aliphatic heterocycles. The highest BCUT2D eigenvalue weighted by molar-refractivity contribution is 14.0. The van der Waals surface area contributed by atoms with Gasteiger partial charge in [-0.2, -0.15) is 0 Å². The summed E-state index contributed by atoms with van der Waals surface area (Å²) in [5.41, 5.74) is 0. The van der Waals surface area contributed by atoms with E-state index in [0.717, 1.165) is 13.0 Å². The minimum atomic E-state index is -2.93. The summed E-state index contributed by atoms with van der Waals surface area (Å²) in [6.07, 6.45) is 2.64. The molecule has 0 fully saturated rings. The molecule has 0 saturated heterocycles. The zero-order valence-electron chi connectivity index (χ0n) is 14.6. The molecule has 0 aromatic carbocycles. The van der Waals surface area contributed by atoms with Gasteiger partial charge in [-0.3, -0.25) is 4.99 Å². The first-order valence-electron chi connectivity index (χ1n) is 7.68. The number of ether oxygens (including phenoxy) is 2. The third-order valence-electron chi connectivity index (χ3n) is 2.80. The van der Waals surface area contributed by atoms with Crippen LogP contribution in [0.2, 0.25) is 0 Å². The number of methoxy groups -OCH3 is 1. The van der Waals surface area contributed by atoms with E-state index in [1.807, 2.05) is 13.8 Å². The SMILES string of the molecule is CCNC(=NCCCOCCOC)NC(C)CCS(C)(=O)=O.I. The number of rotatable bonds is 12. The number of guanidine groups is 1. The summed E-state index contributed by atoms with van der Waals surface area (Å²) in [5.74, 6) is 0.883. The van der Waals surface area contributed by atoms with Crippen LogP contribution < -0.4 is 10.6 Å². The van der Waals surface area contributed by atoms with Crippen molar-refractivity contribution in [3.8, 4) is 0 Å². The molecule has 7 nitrogen and oxygen atoms in total. The highest BCUT2D eigenvalue weighted by Gasteiger charge is 2.09. The molecule has 0 aliphatic rings. The highest BCUT2D eigenvalue weighted by Crippen LogP contribution is 1.95. The van der Waals surface area contributed by atoms with E-state index < -0.39 is 9.84 Å². The summed E-state index contributed by atoms with van der Waals surface area (Å²) in [6.45, 7) is 7.20. The third-order valence-corrected chi connectivity index (χ3v) is 3.77. The Hall–Kier alpha value is -0.130. The van der Waals surface area contributed by atoms with Gasteiger partial charge in [0, 0.05) is 39.1 Å². The van der Waals surface area contributed by atoms with Crippen LogP contribution >= 0.6 is 24.0 Å². The van der Waals surface area contributed by atoms with Gasteiger partial charge < -0.3 is 20.1 Å². The molecule has 23 heavy (non-hydrogen) atoms. The normalized spacial score (nSPS) is 13.3. The number of hydrogen-bond donors (Lipinski definition) is 2. The average Bonchev–Trinajstić information content (AvgIpc) is 2.43. The monoisotopic (exact) mass is 465 g/mol. The Kier molecular flexibility index (Phi) is 16.8. The minimum Gasteiger partial charge on any atom is -0.382 e. The van der Waals surface area contributed by atoms with Crippen molar-refractivity contribution in [1.82, 2.24) is 10.6 Å². The fourth-order valence-corrected chi connectivity index (χ4v) is 2.40. The van der Waals surface area contributed by atoms with Crippen LogP contribution in [-0.4, -0.2) is 72.4 Å². The van der Waals surface area contributed by atoms with E-state index in [9.17, 15) is 8.42 Å². The van der Waals surface area contributed by atoms with Gasteiger partial charge in [-0.1, -0.05) is 0 Å². The summed E-state index contributed by atoms with van der Waals surface area (Å²) < 4.78 is 32.6. The topological polar surface area (TPSA) is 89.0 Å². The molecule has 1 atom stereocenters. The Labute approximate surface area is 157 Å². The van der Waals surface area contributed by atoms with E-state index in [2.05, 4.69) is 15.6 Å². The van der Waals surface area contributed by atoms with Crippen LogP contribution in [0.25, 0.3) is 0 Å². The zero-order valence-corrected chi connectivity index (χ0v) is 17.8. The highest BCUT2D eigenvalue weighted by atomic mass is 127. The van der Waals surface area contributed by atoms with Crippen LogP contribution in [0.3, 0.4) is 0 Å². The molecular formula is C14H32IN3O4S. The number of nitrogens with one attached hydrogen (secondary N) is 2. The van der Waals surface area contributed by atoms with Gasteiger partial charge >= 0.3 is 0 Å². The molecule has 0 amide bonds. The molecular weight excluding hydrogens is 433 g/mol. The molecule has 1 unspecified atom stereocenters. The van der Waals surface area contributed by atoms with Crippen LogP contribution in [0.5, 0.6) is 0 Å².